The number of nitrogens with one attached hydrogen (secondary N) is 1. The number of hydrogen-bond acceptors (Lipinski definition) is 5. The summed E-state index contributed by atoms with van der Waals surface area (Å²) in [5.41, 5.74) is 3.64. The summed E-state index contributed by atoms with van der Waals surface area (Å²) in [5.74, 6) is 0.506. The number of carbonyl (C=O) groups excluding carboxylic acids is 1. The first-order valence-electron chi connectivity index (χ1n) is 10.6. The van der Waals surface area contributed by atoms with Crippen molar-refractivity contribution in [3.63, 3.8) is 0 Å². The molecule has 6 heteroatoms. The molecule has 1 aromatic heterocycles. The Morgan fingerprint density at radius 1 is 1.03 bits per heavy atom. The van der Waals surface area contributed by atoms with Crippen LogP contribution in [0.5, 0.6) is 5.75 Å². The lowest BCUT2D eigenvalue weighted by molar-refractivity contribution is 0.121. The summed E-state index contributed by atoms with van der Waals surface area (Å²) >= 11 is 0. The number of nitrogens with zero attached hydrogens (tertiary/aromatic N) is 2. The molecule has 3 aromatic rings. The topological polar surface area (TPSA) is 57.8 Å². The summed E-state index contributed by atoms with van der Waals surface area (Å²) in [6.45, 7) is 5.57. The monoisotopic (exact) mass is 407 g/mol. The van der Waals surface area contributed by atoms with E-state index in [4.69, 9.17) is 4.74 Å². The van der Waals surface area contributed by atoms with Crippen LogP contribution in [0.1, 0.15) is 18.4 Å². The maximum absolute atomic E-state index is 11.3. The van der Waals surface area contributed by atoms with Crippen molar-refractivity contribution in [2.45, 2.75) is 19.3 Å². The first-order valence-corrected chi connectivity index (χ1v) is 10.6. The van der Waals surface area contributed by atoms with Gasteiger partial charge in [-0.1, -0.05) is 18.2 Å². The largest absolute Gasteiger partial charge is 0.513 e. The van der Waals surface area contributed by atoms with Crippen LogP contribution >= 0.6 is 0 Å². The normalized spacial score (nSPS) is 14.8. The molecule has 6 nitrogen and oxygen atoms in total. The first-order chi connectivity index (χ1) is 14.7. The fourth-order valence-electron chi connectivity index (χ4n) is 4.09. The van der Waals surface area contributed by atoms with Gasteiger partial charge >= 0.3 is 6.16 Å². The van der Waals surface area contributed by atoms with Crippen molar-refractivity contribution in [2.75, 3.05) is 44.7 Å². The summed E-state index contributed by atoms with van der Waals surface area (Å²) in [4.78, 5) is 19.7. The second kappa shape index (κ2) is 9.67. The molecule has 1 aliphatic rings. The van der Waals surface area contributed by atoms with Crippen LogP contribution in [-0.2, 0) is 11.2 Å². The van der Waals surface area contributed by atoms with Gasteiger partial charge in [-0.2, -0.15) is 0 Å². The zero-order chi connectivity index (χ0) is 20.8. The Labute approximate surface area is 177 Å². The molecule has 0 radical (unpaired) electrons. The highest BCUT2D eigenvalue weighted by Crippen LogP contribution is 2.25. The van der Waals surface area contributed by atoms with Crippen LogP contribution in [0.3, 0.4) is 0 Å². The molecule has 0 atom stereocenters. The highest BCUT2D eigenvalue weighted by atomic mass is 16.7. The Balaban J connectivity index is 1.23. The van der Waals surface area contributed by atoms with Gasteiger partial charge in [0.25, 0.3) is 0 Å². The van der Waals surface area contributed by atoms with Gasteiger partial charge in [0, 0.05) is 49.0 Å². The van der Waals surface area contributed by atoms with Crippen molar-refractivity contribution in [1.29, 1.82) is 0 Å². The summed E-state index contributed by atoms with van der Waals surface area (Å²) in [6.07, 6.45) is 4.68. The van der Waals surface area contributed by atoms with Crippen molar-refractivity contribution in [1.82, 2.24) is 9.88 Å². The molecule has 1 N–H and O–H groups in total. The molecule has 0 aliphatic carbocycles. The molecule has 30 heavy (non-hydrogen) atoms. The quantitative estimate of drug-likeness (QED) is 0.356. The third-order valence-electron chi connectivity index (χ3n) is 5.77. The van der Waals surface area contributed by atoms with Crippen LogP contribution in [0.15, 0.2) is 54.7 Å². The van der Waals surface area contributed by atoms with Gasteiger partial charge < -0.3 is 19.4 Å². The number of unbranched alkanes of at least 4 members (excludes halogenated alkanes) is 1. The number of piperazine rings is 1. The van der Waals surface area contributed by atoms with Gasteiger partial charge in [-0.05, 0) is 61.7 Å². The Morgan fingerprint density at radius 3 is 2.60 bits per heavy atom. The van der Waals surface area contributed by atoms with E-state index >= 15 is 0 Å². The number of rotatable bonds is 7. The number of aryl methyl sites for hydroxylation is 1. The molecule has 4 rings (SSSR count). The number of para-hydroxylation sites is 1. The molecular weight excluding hydrogens is 378 g/mol. The van der Waals surface area contributed by atoms with Gasteiger partial charge in [0.2, 0.25) is 0 Å². The Bertz CT molecular complexity index is 962. The van der Waals surface area contributed by atoms with E-state index in [0.29, 0.717) is 5.75 Å². The molecular formula is C24H29N3O3. The third kappa shape index (κ3) is 4.94. The summed E-state index contributed by atoms with van der Waals surface area (Å²) in [7, 11) is 1.31. The SMILES string of the molecule is COC(=O)Oc1ccc2[nH]cc(CCCCN3CCN(c4ccccc4)CC3)c2c1. The summed E-state index contributed by atoms with van der Waals surface area (Å²) in [5, 5.41) is 1.10. The lowest BCUT2D eigenvalue weighted by Crippen LogP contribution is -2.46. The number of hydrogen-bond donors (Lipinski definition) is 1. The van der Waals surface area contributed by atoms with Crippen LogP contribution in [0.4, 0.5) is 10.5 Å². The first kappa shape index (κ1) is 20.3. The van der Waals surface area contributed by atoms with Crippen LogP contribution in [-0.4, -0.2) is 55.9 Å². The zero-order valence-electron chi connectivity index (χ0n) is 17.5. The maximum Gasteiger partial charge on any atom is 0.513 e. The molecule has 0 unspecified atom stereocenters. The minimum atomic E-state index is -0.696. The number of ether oxygens (including phenoxy) is 2. The summed E-state index contributed by atoms with van der Waals surface area (Å²) < 4.78 is 9.73. The van der Waals surface area contributed by atoms with Gasteiger partial charge in [0.1, 0.15) is 5.75 Å². The predicted molar refractivity (Wildman–Crippen MR) is 119 cm³/mol. The number of anilines is 1. The van der Waals surface area contributed by atoms with Gasteiger partial charge in [0.05, 0.1) is 7.11 Å². The van der Waals surface area contributed by atoms with E-state index in [1.54, 1.807) is 6.07 Å². The molecule has 2 aromatic carbocycles. The van der Waals surface area contributed by atoms with Crippen LogP contribution < -0.4 is 9.64 Å². The van der Waals surface area contributed by atoms with Gasteiger partial charge in [-0.25, -0.2) is 4.79 Å². The second-order valence-electron chi connectivity index (χ2n) is 7.70. The molecule has 1 fully saturated rings. The Kier molecular flexibility index (Phi) is 6.54. The minimum absolute atomic E-state index is 0.506. The highest BCUT2D eigenvalue weighted by molar-refractivity contribution is 5.85. The number of H-pyrrole nitrogens is 1. The van der Waals surface area contributed by atoms with Crippen LogP contribution in [0.25, 0.3) is 10.9 Å². The predicted octanol–water partition coefficient (Wildman–Crippen LogP) is 4.46. The average molecular weight is 408 g/mol. The smallest absolute Gasteiger partial charge is 0.437 e. The van der Waals surface area contributed by atoms with E-state index in [1.807, 2.05) is 12.1 Å². The standard InChI is InChI=1S/C24H29N3O3/c1-29-24(28)30-21-10-11-23-22(17-21)19(18-25-23)7-5-6-12-26-13-15-27(16-14-26)20-8-3-2-4-9-20/h2-4,8-11,17-18,25H,5-7,12-16H2,1H3. The maximum atomic E-state index is 11.3. The number of carbonyl (C=O) groups is 1. The minimum Gasteiger partial charge on any atom is -0.437 e. The van der Waals surface area contributed by atoms with Crippen molar-refractivity contribution >= 4 is 22.7 Å². The number of aromatic amines is 1. The van der Waals surface area contributed by atoms with E-state index in [-0.39, 0.29) is 0 Å². The number of aromatic nitrogens is 1. The van der Waals surface area contributed by atoms with Gasteiger partial charge in [0.15, 0.2) is 0 Å². The van der Waals surface area contributed by atoms with Crippen molar-refractivity contribution in [3.05, 3.63) is 60.3 Å². The molecule has 0 bridgehead atoms. The molecule has 2 heterocycles. The van der Waals surface area contributed by atoms with Crippen molar-refractivity contribution in [2.24, 2.45) is 0 Å². The van der Waals surface area contributed by atoms with E-state index < -0.39 is 6.16 Å². The molecule has 158 valence electrons. The third-order valence-corrected chi connectivity index (χ3v) is 5.77. The highest BCUT2D eigenvalue weighted by Gasteiger charge is 2.16. The molecule has 1 aliphatic heterocycles. The fourth-order valence-corrected chi connectivity index (χ4v) is 4.09. The Morgan fingerprint density at radius 2 is 1.83 bits per heavy atom. The fraction of sp³-hybridized carbons (Fsp3) is 0.375. The van der Waals surface area contributed by atoms with E-state index in [2.05, 4.69) is 56.0 Å². The molecule has 1 saturated heterocycles. The van der Waals surface area contributed by atoms with Gasteiger partial charge in [-0.3, -0.25) is 4.90 Å². The van der Waals surface area contributed by atoms with Crippen molar-refractivity contribution in [3.8, 4) is 5.75 Å². The lowest BCUT2D eigenvalue weighted by Gasteiger charge is -2.36. The lowest BCUT2D eigenvalue weighted by atomic mass is 10.1. The molecule has 0 spiro atoms. The zero-order valence-corrected chi connectivity index (χ0v) is 17.5. The summed E-state index contributed by atoms with van der Waals surface area (Å²) in [6, 6.07) is 16.3. The van der Waals surface area contributed by atoms with Crippen molar-refractivity contribution < 1.29 is 14.3 Å². The second-order valence-corrected chi connectivity index (χ2v) is 7.70. The van der Waals surface area contributed by atoms with Crippen LogP contribution in [0.2, 0.25) is 0 Å². The van der Waals surface area contributed by atoms with E-state index in [0.717, 1.165) is 56.5 Å². The number of methoxy groups -OCH3 is 1. The van der Waals surface area contributed by atoms with E-state index in [9.17, 15) is 4.79 Å². The molecule has 0 saturated carbocycles. The van der Waals surface area contributed by atoms with Crippen LogP contribution in [0, 0.1) is 0 Å². The van der Waals surface area contributed by atoms with Gasteiger partial charge in [-0.15, -0.1) is 0 Å². The molecule has 0 amide bonds. The average Bonchev–Trinajstić information content (AvgIpc) is 3.20. The Hall–Kier alpha value is -2.99. The number of benzene rings is 2. The number of fused-ring (bicyclic) bond motifs is 1. The van der Waals surface area contributed by atoms with E-state index in [1.165, 1.54) is 24.8 Å².